The Morgan fingerprint density at radius 3 is 2.24 bits per heavy atom. The van der Waals surface area contributed by atoms with Crippen molar-refractivity contribution in [3.05, 3.63) is 68.8 Å². The summed E-state index contributed by atoms with van der Waals surface area (Å²) in [6, 6.07) is 12.8. The number of aromatic amines is 1. The van der Waals surface area contributed by atoms with E-state index < -0.39 is 9.85 Å². The van der Waals surface area contributed by atoms with Gasteiger partial charge in [-0.2, -0.15) is 0 Å². The summed E-state index contributed by atoms with van der Waals surface area (Å²) < 4.78 is 0. The van der Waals surface area contributed by atoms with Crippen LogP contribution in [-0.2, 0) is 0 Å². The second-order valence-corrected chi connectivity index (χ2v) is 4.46. The summed E-state index contributed by atoms with van der Waals surface area (Å²) in [5.41, 5.74) is 1.18. The quantitative estimate of drug-likeness (QED) is 0.585. The number of hydrogen-bond donors (Lipinski definition) is 1. The molecule has 104 valence electrons. The number of aromatic nitrogens is 1. The molecule has 3 aromatic rings. The van der Waals surface area contributed by atoms with Crippen molar-refractivity contribution in [2.45, 2.75) is 0 Å². The second-order valence-electron chi connectivity index (χ2n) is 4.46. The third-order valence-electron chi connectivity index (χ3n) is 3.21. The van der Waals surface area contributed by atoms with E-state index >= 15 is 0 Å². The highest BCUT2D eigenvalue weighted by Crippen LogP contribution is 2.37. The highest BCUT2D eigenvalue weighted by atomic mass is 16.6. The number of benzene rings is 2. The molecule has 7 heteroatoms. The maximum atomic E-state index is 11.3. The lowest BCUT2D eigenvalue weighted by Crippen LogP contribution is -1.90. The van der Waals surface area contributed by atoms with Crippen molar-refractivity contribution in [1.29, 1.82) is 0 Å². The molecule has 0 amide bonds. The van der Waals surface area contributed by atoms with Gasteiger partial charge in [0.25, 0.3) is 5.69 Å². The van der Waals surface area contributed by atoms with E-state index in [4.69, 9.17) is 0 Å². The predicted molar refractivity (Wildman–Crippen MR) is 77.0 cm³/mol. The van der Waals surface area contributed by atoms with Gasteiger partial charge in [0, 0.05) is 17.7 Å². The maximum Gasteiger partial charge on any atom is 0.302 e. The Hall–Kier alpha value is -3.22. The number of hydrogen-bond acceptors (Lipinski definition) is 4. The SMILES string of the molecule is O=[N+]([O-])c1ccc2c([N+](=O)[O-])c(-c3ccccc3)[nH]c2c1. The molecular formula is C14H9N3O4. The normalized spacial score (nSPS) is 10.7. The molecular weight excluding hydrogens is 274 g/mol. The molecule has 1 N–H and O–H groups in total. The van der Waals surface area contributed by atoms with Gasteiger partial charge in [0.2, 0.25) is 0 Å². The van der Waals surface area contributed by atoms with E-state index in [9.17, 15) is 20.2 Å². The van der Waals surface area contributed by atoms with Crippen LogP contribution in [0.4, 0.5) is 11.4 Å². The van der Waals surface area contributed by atoms with Crippen molar-refractivity contribution in [3.8, 4) is 11.3 Å². The molecule has 3 rings (SSSR count). The van der Waals surface area contributed by atoms with Gasteiger partial charge in [-0.05, 0) is 6.07 Å². The van der Waals surface area contributed by atoms with Gasteiger partial charge in [0.1, 0.15) is 5.69 Å². The van der Waals surface area contributed by atoms with Gasteiger partial charge in [-0.25, -0.2) is 0 Å². The number of fused-ring (bicyclic) bond motifs is 1. The van der Waals surface area contributed by atoms with Crippen LogP contribution in [0.15, 0.2) is 48.5 Å². The van der Waals surface area contributed by atoms with E-state index in [-0.39, 0.29) is 11.4 Å². The Labute approximate surface area is 118 Å². The fourth-order valence-electron chi connectivity index (χ4n) is 2.29. The molecule has 0 spiro atoms. The lowest BCUT2D eigenvalue weighted by molar-refractivity contribution is -0.384. The first kappa shape index (κ1) is 12.8. The molecule has 7 nitrogen and oxygen atoms in total. The summed E-state index contributed by atoms with van der Waals surface area (Å²) in [7, 11) is 0. The number of nitrogens with zero attached hydrogens (tertiary/aromatic N) is 2. The summed E-state index contributed by atoms with van der Waals surface area (Å²) in [5, 5.41) is 22.5. The largest absolute Gasteiger partial charge is 0.348 e. The zero-order chi connectivity index (χ0) is 15.0. The van der Waals surface area contributed by atoms with Gasteiger partial charge in [-0.15, -0.1) is 0 Å². The van der Waals surface area contributed by atoms with E-state index in [1.54, 1.807) is 24.3 Å². The van der Waals surface area contributed by atoms with Crippen LogP contribution in [0.25, 0.3) is 22.2 Å². The van der Waals surface area contributed by atoms with E-state index in [2.05, 4.69) is 4.98 Å². The molecule has 0 aliphatic rings. The molecule has 0 aliphatic carbocycles. The fourth-order valence-corrected chi connectivity index (χ4v) is 2.29. The molecule has 0 saturated heterocycles. The van der Waals surface area contributed by atoms with Crippen LogP contribution in [0.2, 0.25) is 0 Å². The van der Waals surface area contributed by atoms with Crippen molar-refractivity contribution >= 4 is 22.3 Å². The minimum atomic E-state index is -0.533. The number of non-ortho nitro benzene ring substituents is 1. The summed E-state index contributed by atoms with van der Waals surface area (Å²) in [4.78, 5) is 24.0. The number of rotatable bonds is 3. The smallest absolute Gasteiger partial charge is 0.302 e. The van der Waals surface area contributed by atoms with Crippen LogP contribution in [0.5, 0.6) is 0 Å². The Bertz CT molecular complexity index is 855. The Balaban J connectivity index is 2.31. The highest BCUT2D eigenvalue weighted by Gasteiger charge is 2.24. The lowest BCUT2D eigenvalue weighted by Gasteiger charge is -1.97. The van der Waals surface area contributed by atoms with Crippen molar-refractivity contribution in [2.24, 2.45) is 0 Å². The van der Waals surface area contributed by atoms with Gasteiger partial charge >= 0.3 is 5.69 Å². The van der Waals surface area contributed by atoms with Gasteiger partial charge in [-0.3, -0.25) is 20.2 Å². The summed E-state index contributed by atoms with van der Waals surface area (Å²) in [5.74, 6) is 0. The molecule has 21 heavy (non-hydrogen) atoms. The zero-order valence-corrected chi connectivity index (χ0v) is 10.6. The van der Waals surface area contributed by atoms with Crippen molar-refractivity contribution in [2.75, 3.05) is 0 Å². The molecule has 2 aromatic carbocycles. The highest BCUT2D eigenvalue weighted by molar-refractivity contribution is 5.98. The Morgan fingerprint density at radius 2 is 1.62 bits per heavy atom. The Kier molecular flexibility index (Phi) is 2.87. The first-order valence-corrected chi connectivity index (χ1v) is 6.08. The van der Waals surface area contributed by atoms with Crippen molar-refractivity contribution in [1.82, 2.24) is 4.98 Å². The third kappa shape index (κ3) is 2.10. The predicted octanol–water partition coefficient (Wildman–Crippen LogP) is 3.65. The molecule has 0 fully saturated rings. The maximum absolute atomic E-state index is 11.3. The monoisotopic (exact) mass is 283 g/mol. The third-order valence-corrected chi connectivity index (χ3v) is 3.21. The van der Waals surface area contributed by atoms with E-state index in [0.717, 1.165) is 0 Å². The molecule has 0 atom stereocenters. The number of nitro groups is 2. The average Bonchev–Trinajstić information content (AvgIpc) is 2.86. The fraction of sp³-hybridized carbons (Fsp3) is 0. The number of H-pyrrole nitrogens is 1. The van der Waals surface area contributed by atoms with E-state index in [0.29, 0.717) is 22.2 Å². The molecule has 1 heterocycles. The van der Waals surface area contributed by atoms with E-state index in [1.807, 2.05) is 6.07 Å². The van der Waals surface area contributed by atoms with Crippen LogP contribution >= 0.6 is 0 Å². The van der Waals surface area contributed by atoms with Crippen molar-refractivity contribution < 1.29 is 9.85 Å². The van der Waals surface area contributed by atoms with Gasteiger partial charge < -0.3 is 4.98 Å². The van der Waals surface area contributed by atoms with Crippen LogP contribution < -0.4 is 0 Å². The van der Waals surface area contributed by atoms with Gasteiger partial charge in [-0.1, -0.05) is 30.3 Å². The minimum Gasteiger partial charge on any atom is -0.348 e. The van der Waals surface area contributed by atoms with Crippen LogP contribution in [0.1, 0.15) is 0 Å². The summed E-state index contributed by atoms with van der Waals surface area (Å²) in [6.45, 7) is 0. The van der Waals surface area contributed by atoms with Gasteiger partial charge in [0.15, 0.2) is 0 Å². The molecule has 0 saturated carbocycles. The number of nitro benzene ring substituents is 1. The van der Waals surface area contributed by atoms with Crippen LogP contribution in [0, 0.1) is 20.2 Å². The molecule has 0 unspecified atom stereocenters. The molecule has 1 aromatic heterocycles. The molecule has 0 bridgehead atoms. The first-order valence-electron chi connectivity index (χ1n) is 6.08. The van der Waals surface area contributed by atoms with Crippen LogP contribution in [0.3, 0.4) is 0 Å². The van der Waals surface area contributed by atoms with Crippen molar-refractivity contribution in [3.63, 3.8) is 0 Å². The van der Waals surface area contributed by atoms with E-state index in [1.165, 1.54) is 18.2 Å². The van der Waals surface area contributed by atoms with Gasteiger partial charge in [0.05, 0.1) is 20.7 Å². The molecule has 0 radical (unpaired) electrons. The lowest BCUT2D eigenvalue weighted by atomic mass is 10.1. The summed E-state index contributed by atoms with van der Waals surface area (Å²) in [6.07, 6.45) is 0. The standard InChI is InChI=1S/C14H9N3O4/c18-16(19)10-6-7-11-12(8-10)15-13(14(11)17(20)21)9-4-2-1-3-5-9/h1-8,15H. The first-order chi connectivity index (χ1) is 10.1. The zero-order valence-electron chi connectivity index (χ0n) is 10.6. The number of nitrogens with one attached hydrogen (secondary N) is 1. The minimum absolute atomic E-state index is 0.0777. The second kappa shape index (κ2) is 4.71. The average molecular weight is 283 g/mol. The summed E-state index contributed by atoms with van der Waals surface area (Å²) >= 11 is 0. The molecule has 0 aliphatic heterocycles. The van der Waals surface area contributed by atoms with Crippen LogP contribution in [-0.4, -0.2) is 14.8 Å². The Morgan fingerprint density at radius 1 is 0.905 bits per heavy atom. The topological polar surface area (TPSA) is 102 Å².